The van der Waals surface area contributed by atoms with Crippen molar-refractivity contribution in [2.75, 3.05) is 27.2 Å². The summed E-state index contributed by atoms with van der Waals surface area (Å²) in [6.45, 7) is -0.827. The molecule has 1 fully saturated rings. The van der Waals surface area contributed by atoms with Gasteiger partial charge in [-0.3, -0.25) is 9.59 Å². The van der Waals surface area contributed by atoms with Crippen molar-refractivity contribution in [3.63, 3.8) is 0 Å². The predicted octanol–water partition coefficient (Wildman–Crippen LogP) is 3.73. The first kappa shape index (κ1) is 25.6. The second-order valence-corrected chi connectivity index (χ2v) is 9.21. The Bertz CT molecular complexity index is 1250. The molecular formula is C25H24ClF3N4O3. The van der Waals surface area contributed by atoms with E-state index in [0.29, 0.717) is 21.9 Å². The Labute approximate surface area is 211 Å². The van der Waals surface area contributed by atoms with Gasteiger partial charge >= 0.3 is 0 Å². The number of carbonyl (C=O) groups is 2. The zero-order valence-electron chi connectivity index (χ0n) is 19.6. The summed E-state index contributed by atoms with van der Waals surface area (Å²) in [5, 5.41) is 8.43. The van der Waals surface area contributed by atoms with Gasteiger partial charge in [0, 0.05) is 48.8 Å². The minimum absolute atomic E-state index is 0.0150. The van der Waals surface area contributed by atoms with Gasteiger partial charge in [-0.15, -0.1) is 0 Å². The maximum Gasteiger partial charge on any atom is 0.275 e. The minimum atomic E-state index is -2.97. The van der Waals surface area contributed by atoms with E-state index in [1.165, 1.54) is 23.2 Å². The zero-order valence-corrected chi connectivity index (χ0v) is 20.4. The van der Waals surface area contributed by atoms with Crippen LogP contribution in [0, 0.1) is 5.82 Å². The first-order valence-electron chi connectivity index (χ1n) is 11.1. The van der Waals surface area contributed by atoms with Crippen LogP contribution < -0.4 is 10.1 Å². The lowest BCUT2D eigenvalue weighted by Crippen LogP contribution is -2.45. The number of rotatable bonds is 8. The molecule has 0 spiro atoms. The molecule has 2 aromatic carbocycles. The van der Waals surface area contributed by atoms with Crippen molar-refractivity contribution in [1.82, 2.24) is 15.2 Å². The average Bonchev–Trinajstić information content (AvgIpc) is 3.42. The summed E-state index contributed by atoms with van der Waals surface area (Å²) in [4.78, 5) is 27.4. The number of nitrogens with zero attached hydrogens (tertiary/aromatic N) is 3. The molecule has 1 saturated carbocycles. The quantitative estimate of drug-likeness (QED) is 0.425. The van der Waals surface area contributed by atoms with Crippen molar-refractivity contribution in [2.24, 2.45) is 5.10 Å². The van der Waals surface area contributed by atoms with Crippen LogP contribution in [0.1, 0.15) is 17.5 Å². The van der Waals surface area contributed by atoms with E-state index in [4.69, 9.17) is 16.3 Å². The van der Waals surface area contributed by atoms with Gasteiger partial charge in [0.1, 0.15) is 24.7 Å². The molecule has 190 valence electrons. The van der Waals surface area contributed by atoms with Crippen molar-refractivity contribution < 1.29 is 27.5 Å². The van der Waals surface area contributed by atoms with Crippen LogP contribution in [-0.4, -0.2) is 66.6 Å². The van der Waals surface area contributed by atoms with Gasteiger partial charge in [0.25, 0.3) is 11.8 Å². The third-order valence-corrected chi connectivity index (χ3v) is 5.83. The van der Waals surface area contributed by atoms with Crippen LogP contribution in [0.3, 0.4) is 0 Å². The molecule has 0 saturated heterocycles. The number of carbonyl (C=O) groups excluding carboxylic acids is 2. The van der Waals surface area contributed by atoms with Crippen LogP contribution >= 0.6 is 11.6 Å². The van der Waals surface area contributed by atoms with Gasteiger partial charge in [0.05, 0.1) is 6.04 Å². The van der Waals surface area contributed by atoms with Crippen LogP contribution in [0.4, 0.5) is 13.2 Å². The van der Waals surface area contributed by atoms with Gasteiger partial charge in [-0.1, -0.05) is 29.8 Å². The molecule has 1 N–H and O–H groups in total. The van der Waals surface area contributed by atoms with Gasteiger partial charge in [-0.25, -0.2) is 13.2 Å². The molecule has 1 aliphatic carbocycles. The topological polar surface area (TPSA) is 74.2 Å². The monoisotopic (exact) mass is 520 g/mol. The Balaban J connectivity index is 1.65. The highest BCUT2D eigenvalue weighted by atomic mass is 35.5. The number of nitrogens with one attached hydrogen (secondary N) is 1. The highest BCUT2D eigenvalue weighted by Crippen LogP contribution is 2.41. The molecule has 2 amide bonds. The Kier molecular flexibility index (Phi) is 7.26. The number of hydrazone groups is 1. The highest BCUT2D eigenvalue weighted by molar-refractivity contribution is 6.46. The van der Waals surface area contributed by atoms with Crippen LogP contribution in [-0.2, 0) is 16.1 Å². The SMILES string of the molecule is CN(C)/N=C(/C(=O)N(CC(=O)NC1CC1(F)F)Cc1ccccc1F)C1=Cc2cc(Cl)ccc2OC1. The first-order chi connectivity index (χ1) is 17.0. The lowest BCUT2D eigenvalue weighted by molar-refractivity contribution is -0.132. The van der Waals surface area contributed by atoms with Crippen molar-refractivity contribution in [1.29, 1.82) is 0 Å². The molecule has 36 heavy (non-hydrogen) atoms. The molecule has 0 radical (unpaired) electrons. The van der Waals surface area contributed by atoms with Crippen molar-refractivity contribution in [3.8, 4) is 5.75 Å². The second-order valence-electron chi connectivity index (χ2n) is 8.77. The maximum atomic E-state index is 14.4. The van der Waals surface area contributed by atoms with Gasteiger partial charge in [0.15, 0.2) is 5.71 Å². The second kappa shape index (κ2) is 10.2. The number of halogens is 4. The summed E-state index contributed by atoms with van der Waals surface area (Å²) in [6, 6.07) is 9.59. The number of hydrogen-bond donors (Lipinski definition) is 1. The molecule has 11 heteroatoms. The standard InChI is InChI=1S/C25H24ClF3N4O3/c1-32(2)31-23(17-9-16-10-18(26)7-8-20(16)36-14-17)24(35)33(12-15-5-3-4-6-19(15)27)13-22(34)30-21-11-25(21,28)29/h3-10,21H,11-14H2,1-2H3,(H,30,34)/b31-23+. The van der Waals surface area contributed by atoms with E-state index >= 15 is 0 Å². The summed E-state index contributed by atoms with van der Waals surface area (Å²) < 4.78 is 46.8. The van der Waals surface area contributed by atoms with Crippen molar-refractivity contribution in [2.45, 2.75) is 24.9 Å². The fourth-order valence-electron chi connectivity index (χ4n) is 3.69. The third-order valence-electron chi connectivity index (χ3n) is 5.59. The number of alkyl halides is 2. The predicted molar refractivity (Wildman–Crippen MR) is 129 cm³/mol. The van der Waals surface area contributed by atoms with Gasteiger partial charge in [-0.2, -0.15) is 5.10 Å². The lowest BCUT2D eigenvalue weighted by atomic mass is 10.0. The Hall–Kier alpha value is -3.53. The smallest absolute Gasteiger partial charge is 0.275 e. The minimum Gasteiger partial charge on any atom is -0.488 e. The number of benzene rings is 2. The van der Waals surface area contributed by atoms with E-state index in [9.17, 15) is 22.8 Å². The van der Waals surface area contributed by atoms with Gasteiger partial charge in [0.2, 0.25) is 5.91 Å². The molecular weight excluding hydrogens is 497 g/mol. The van der Waals surface area contributed by atoms with Crippen LogP contribution in [0.5, 0.6) is 5.75 Å². The van der Waals surface area contributed by atoms with Gasteiger partial charge < -0.3 is 20.0 Å². The molecule has 2 aromatic rings. The van der Waals surface area contributed by atoms with E-state index < -0.39 is 42.6 Å². The molecule has 0 aromatic heterocycles. The van der Waals surface area contributed by atoms with E-state index in [1.807, 2.05) is 0 Å². The number of amides is 2. The molecule has 1 unspecified atom stereocenters. The summed E-state index contributed by atoms with van der Waals surface area (Å²) in [5.74, 6) is -4.43. The lowest BCUT2D eigenvalue weighted by Gasteiger charge is -2.26. The fourth-order valence-corrected chi connectivity index (χ4v) is 3.87. The van der Waals surface area contributed by atoms with Crippen LogP contribution in [0.15, 0.2) is 53.1 Å². The Morgan fingerprint density at radius 2 is 1.94 bits per heavy atom. The number of fused-ring (bicyclic) bond motifs is 1. The first-order valence-corrected chi connectivity index (χ1v) is 11.5. The molecule has 1 heterocycles. The van der Waals surface area contributed by atoms with Crippen LogP contribution in [0.25, 0.3) is 6.08 Å². The molecule has 2 aliphatic rings. The summed E-state index contributed by atoms with van der Waals surface area (Å²) in [7, 11) is 3.23. The molecule has 1 aliphatic heterocycles. The van der Waals surface area contributed by atoms with E-state index in [-0.39, 0.29) is 24.4 Å². The molecule has 4 rings (SSSR count). The average molecular weight is 521 g/mol. The Morgan fingerprint density at radius 1 is 1.22 bits per heavy atom. The number of hydrogen-bond acceptors (Lipinski definition) is 5. The summed E-state index contributed by atoms with van der Waals surface area (Å²) >= 11 is 6.10. The number of ether oxygens (including phenoxy) is 1. The van der Waals surface area contributed by atoms with E-state index in [1.54, 1.807) is 44.4 Å². The Morgan fingerprint density at radius 3 is 2.61 bits per heavy atom. The van der Waals surface area contributed by atoms with Crippen LogP contribution in [0.2, 0.25) is 5.02 Å². The van der Waals surface area contributed by atoms with Gasteiger partial charge in [-0.05, 0) is 30.3 Å². The van der Waals surface area contributed by atoms with E-state index in [0.717, 1.165) is 4.90 Å². The van der Waals surface area contributed by atoms with Crippen molar-refractivity contribution in [3.05, 3.63) is 70.0 Å². The maximum absolute atomic E-state index is 14.4. The summed E-state index contributed by atoms with van der Waals surface area (Å²) in [5.41, 5.74) is 1.17. The zero-order chi connectivity index (χ0) is 26.0. The largest absolute Gasteiger partial charge is 0.488 e. The fraction of sp³-hybridized carbons (Fsp3) is 0.320. The highest BCUT2D eigenvalue weighted by Gasteiger charge is 2.57. The van der Waals surface area contributed by atoms with E-state index in [2.05, 4.69) is 10.4 Å². The molecule has 1 atom stereocenters. The molecule has 7 nitrogen and oxygen atoms in total. The molecule has 0 bridgehead atoms. The summed E-state index contributed by atoms with van der Waals surface area (Å²) in [6.07, 6.45) is 1.25. The normalized spacial score (nSPS) is 17.9. The van der Waals surface area contributed by atoms with Crippen molar-refractivity contribution >= 4 is 35.2 Å². The third kappa shape index (κ3) is 5.99.